The number of aromatic nitrogens is 2. The van der Waals surface area contributed by atoms with Gasteiger partial charge < -0.3 is 34.0 Å². The number of hydrazine groups is 1. The molecular weight excluding hydrogens is 963 g/mol. The van der Waals surface area contributed by atoms with Crippen LogP contribution in [-0.2, 0) is 54.5 Å². The highest BCUT2D eigenvalue weighted by Crippen LogP contribution is 2.45. The number of benzene rings is 2. The van der Waals surface area contributed by atoms with Gasteiger partial charge in [0, 0.05) is 73.3 Å². The highest BCUT2D eigenvalue weighted by atomic mass is 28.4. The van der Waals surface area contributed by atoms with Crippen LogP contribution in [0.3, 0.4) is 0 Å². The molecule has 15 nitrogen and oxygen atoms in total. The molecule has 2 aliphatic rings. The van der Waals surface area contributed by atoms with Crippen molar-refractivity contribution in [3.8, 4) is 28.1 Å². The summed E-state index contributed by atoms with van der Waals surface area (Å²) in [7, 11) is -0.965. The number of likely N-dealkylation sites (N-methyl/N-ethyl adjacent to an activating group) is 1. The van der Waals surface area contributed by atoms with Gasteiger partial charge in [0.2, 0.25) is 11.8 Å². The average Bonchev–Trinajstić information content (AvgIpc) is 3.64. The second kappa shape index (κ2) is 24.1. The van der Waals surface area contributed by atoms with E-state index in [-0.39, 0.29) is 54.4 Å². The van der Waals surface area contributed by atoms with E-state index in [2.05, 4.69) is 126 Å². The van der Waals surface area contributed by atoms with E-state index in [9.17, 15) is 19.2 Å². The van der Waals surface area contributed by atoms with Crippen LogP contribution in [0.15, 0.2) is 54.7 Å². The summed E-state index contributed by atoms with van der Waals surface area (Å²) >= 11 is 0. The molecule has 6 bridgehead atoms. The average molecular weight is 1050 g/mol. The number of hydrogen-bond acceptors (Lipinski definition) is 10. The topological polar surface area (TPSA) is 173 Å². The Kier molecular flexibility index (Phi) is 18.8. The van der Waals surface area contributed by atoms with Gasteiger partial charge in [0.1, 0.15) is 29.5 Å². The third-order valence-corrected chi connectivity index (χ3v) is 21.0. The van der Waals surface area contributed by atoms with Crippen molar-refractivity contribution >= 4 is 49.0 Å². The maximum atomic E-state index is 15.2. The van der Waals surface area contributed by atoms with Crippen LogP contribution < -0.4 is 20.5 Å². The molecule has 4 amide bonds. The molecule has 6 rings (SSSR count). The van der Waals surface area contributed by atoms with Crippen molar-refractivity contribution in [2.45, 2.75) is 189 Å². The van der Waals surface area contributed by atoms with Crippen LogP contribution in [0.25, 0.3) is 33.3 Å². The summed E-state index contributed by atoms with van der Waals surface area (Å²) in [5.41, 5.74) is 10.9. The molecule has 75 heavy (non-hydrogen) atoms. The Bertz CT molecular complexity index is 2680. The lowest BCUT2D eigenvalue weighted by Gasteiger charge is -2.42. The first kappa shape index (κ1) is 58.5. The number of hydrogen-bond donors (Lipinski definition) is 3. The van der Waals surface area contributed by atoms with Crippen molar-refractivity contribution in [3.63, 3.8) is 0 Å². The summed E-state index contributed by atoms with van der Waals surface area (Å²) in [5.74, 6) is -1.41. The lowest BCUT2D eigenvalue weighted by molar-refractivity contribution is -0.155. The van der Waals surface area contributed by atoms with Gasteiger partial charge in [0.25, 0.3) is 14.2 Å². The third-order valence-electron chi connectivity index (χ3n) is 15.0. The minimum Gasteiger partial charge on any atom is -0.543 e. The first-order valence-corrected chi connectivity index (χ1v) is 29.6. The predicted molar refractivity (Wildman–Crippen MR) is 300 cm³/mol. The van der Waals surface area contributed by atoms with Gasteiger partial charge in [-0.05, 0) is 135 Å². The Morgan fingerprint density at radius 2 is 1.65 bits per heavy atom. The van der Waals surface area contributed by atoms with Crippen LogP contribution in [-0.4, -0.2) is 108 Å². The van der Waals surface area contributed by atoms with E-state index in [1.807, 2.05) is 32.2 Å². The zero-order valence-electron chi connectivity index (χ0n) is 47.9. The highest BCUT2D eigenvalue weighted by Gasteiger charge is 2.47. The van der Waals surface area contributed by atoms with Crippen LogP contribution in [0.5, 0.6) is 5.75 Å². The number of ether oxygens (including phenoxy) is 2. The Morgan fingerprint density at radius 3 is 2.28 bits per heavy atom. The molecule has 2 aromatic carbocycles. The fourth-order valence-corrected chi connectivity index (χ4v) is 16.9. The van der Waals surface area contributed by atoms with E-state index in [4.69, 9.17) is 18.9 Å². The number of nitrogens with zero attached hydrogens (tertiary/aromatic N) is 4. The SMILES string of the molecule is CCc1ncccc1-c1c2c3cc(ccc3n1CC)-c1cc(cc(O[Si](C(C)C)(C(C)C)C(C)C)c1)C[C@H](NC(=O)[C@H](C(C)C)N(C)C(=O)CCNC(=O)OC(C)(C)C)C(=O)N1CCC[C@H](N1)C(=O)OCC(C)(C)C2. The molecule has 2 aliphatic heterocycles. The van der Waals surface area contributed by atoms with Gasteiger partial charge in [-0.2, -0.15) is 0 Å². The molecule has 2 aromatic heterocycles. The molecule has 0 spiro atoms. The maximum Gasteiger partial charge on any atom is 0.407 e. The van der Waals surface area contributed by atoms with Gasteiger partial charge in [0.15, 0.2) is 0 Å². The van der Waals surface area contributed by atoms with E-state index >= 15 is 4.79 Å². The van der Waals surface area contributed by atoms with Crippen LogP contribution in [0.4, 0.5) is 4.79 Å². The normalized spacial score (nSPS) is 18.0. The summed E-state index contributed by atoms with van der Waals surface area (Å²) in [6.45, 7) is 32.2. The van der Waals surface area contributed by atoms with Gasteiger partial charge in [0.05, 0.1) is 12.3 Å². The quantitative estimate of drug-likeness (QED) is 0.0768. The number of fused-ring (bicyclic) bond motifs is 6. The highest BCUT2D eigenvalue weighted by molar-refractivity contribution is 6.78. The van der Waals surface area contributed by atoms with Crippen molar-refractivity contribution < 1.29 is 37.9 Å². The number of rotatable bonds is 15. The van der Waals surface area contributed by atoms with Crippen LogP contribution >= 0.6 is 0 Å². The van der Waals surface area contributed by atoms with Crippen LogP contribution in [0, 0.1) is 11.3 Å². The molecule has 3 atom stereocenters. The number of carbonyl (C=O) groups excluding carboxylic acids is 5. The monoisotopic (exact) mass is 1050 g/mol. The largest absolute Gasteiger partial charge is 0.543 e. The number of aryl methyl sites for hydroxylation is 2. The van der Waals surface area contributed by atoms with Gasteiger partial charge in [-0.15, -0.1) is 0 Å². The minimum absolute atomic E-state index is 0.00676. The molecule has 1 fully saturated rings. The van der Waals surface area contributed by atoms with Gasteiger partial charge >= 0.3 is 12.1 Å². The number of esters is 1. The molecule has 0 aliphatic carbocycles. The van der Waals surface area contributed by atoms with Gasteiger partial charge in [-0.25, -0.2) is 10.2 Å². The van der Waals surface area contributed by atoms with E-state index in [1.54, 1.807) is 27.8 Å². The molecular formula is C59H87N7O8Si. The summed E-state index contributed by atoms with van der Waals surface area (Å²) in [4.78, 5) is 76.5. The first-order valence-electron chi connectivity index (χ1n) is 27.4. The second-order valence-corrected chi connectivity index (χ2v) is 29.2. The smallest absolute Gasteiger partial charge is 0.407 e. The Hall–Kier alpha value is -5.74. The van der Waals surface area contributed by atoms with Crippen molar-refractivity contribution in [1.82, 2.24) is 35.5 Å². The van der Waals surface area contributed by atoms with E-state index < -0.39 is 61.3 Å². The zero-order chi connectivity index (χ0) is 55.3. The number of carbonyl (C=O) groups is 5. The van der Waals surface area contributed by atoms with Crippen molar-refractivity contribution in [3.05, 3.63) is 71.5 Å². The van der Waals surface area contributed by atoms with Crippen LogP contribution in [0.2, 0.25) is 16.6 Å². The van der Waals surface area contributed by atoms with E-state index in [0.717, 1.165) is 63.1 Å². The summed E-state index contributed by atoms with van der Waals surface area (Å²) in [6, 6.07) is 14.1. The predicted octanol–water partition coefficient (Wildman–Crippen LogP) is 10.6. The number of alkyl carbamates (subject to hydrolysis) is 1. The minimum atomic E-state index is -2.53. The van der Waals surface area contributed by atoms with E-state index in [1.165, 1.54) is 9.91 Å². The number of amides is 4. The summed E-state index contributed by atoms with van der Waals surface area (Å²) < 4.78 is 21.4. The Balaban J connectivity index is 1.53. The molecule has 0 radical (unpaired) electrons. The number of pyridine rings is 1. The van der Waals surface area contributed by atoms with Crippen molar-refractivity contribution in [1.29, 1.82) is 0 Å². The summed E-state index contributed by atoms with van der Waals surface area (Å²) in [6.07, 6.45) is 3.54. The standard InChI is InChI=1S/C59H87N7O8Si/c1-17-47-44(21-19-26-60-47)53-46-34-59(14,15)35-72-56(70)48-22-20-28-66(63-48)55(69)49(62-54(68)52(36(3)4)64(16)51(67)25-27-61-57(71)73-58(11,12)13)31-40-29-42(41-23-24-50(45(46)33-41)65(53)18-2)32-43(30-40)74-75(37(5)6,38(7)8)39(9)10/h19,21,23-24,26,29-30,32-33,36-39,48-49,52,63H,17-18,20,22,25,27-28,31,34-35H2,1-16H3,(H,61,71)(H,62,68)/t48-,49-,52-/m0/s1. The zero-order valence-corrected chi connectivity index (χ0v) is 48.9. The first-order chi connectivity index (χ1) is 35.2. The molecule has 1 saturated heterocycles. The Morgan fingerprint density at radius 1 is 0.960 bits per heavy atom. The number of nitrogens with one attached hydrogen (secondary N) is 3. The molecule has 0 unspecified atom stereocenters. The molecule has 4 aromatic rings. The number of cyclic esters (lactones) is 1. The molecule has 3 N–H and O–H groups in total. The van der Waals surface area contributed by atoms with Gasteiger partial charge in [-0.1, -0.05) is 88.3 Å². The lowest BCUT2D eigenvalue weighted by atomic mass is 9.84. The lowest BCUT2D eigenvalue weighted by Crippen LogP contribution is -2.62. The van der Waals surface area contributed by atoms with Crippen molar-refractivity contribution in [2.24, 2.45) is 11.3 Å². The van der Waals surface area contributed by atoms with Crippen molar-refractivity contribution in [2.75, 3.05) is 26.7 Å². The maximum absolute atomic E-state index is 15.2. The fraction of sp³-hybridized carbons (Fsp3) is 0.593. The molecule has 410 valence electrons. The molecule has 16 heteroatoms. The third kappa shape index (κ3) is 13.5. The van der Waals surface area contributed by atoms with Gasteiger partial charge in [-0.3, -0.25) is 29.2 Å². The fourth-order valence-electron chi connectivity index (χ4n) is 11.7. The molecule has 0 saturated carbocycles. The molecule has 4 heterocycles. The van der Waals surface area contributed by atoms with E-state index in [0.29, 0.717) is 31.6 Å². The van der Waals surface area contributed by atoms with Crippen LogP contribution in [0.1, 0.15) is 140 Å². The Labute approximate surface area is 447 Å². The second-order valence-electron chi connectivity index (χ2n) is 23.8. The summed E-state index contributed by atoms with van der Waals surface area (Å²) in [5, 5.41) is 8.28.